The summed E-state index contributed by atoms with van der Waals surface area (Å²) < 4.78 is 11.2. The molecule has 100 valence electrons. The van der Waals surface area contributed by atoms with Crippen molar-refractivity contribution < 1.29 is 13.9 Å². The molecule has 1 aromatic carbocycles. The van der Waals surface area contributed by atoms with Gasteiger partial charge >= 0.3 is 5.97 Å². The van der Waals surface area contributed by atoms with Gasteiger partial charge in [-0.15, -0.1) is 0 Å². The Morgan fingerprint density at radius 3 is 2.95 bits per heavy atom. The van der Waals surface area contributed by atoms with E-state index in [2.05, 4.69) is 9.72 Å². The van der Waals surface area contributed by atoms with E-state index >= 15 is 0 Å². The fourth-order valence-electron chi connectivity index (χ4n) is 1.98. The maximum atomic E-state index is 12.0. The average Bonchev–Trinajstić information content (AvgIpc) is 2.95. The van der Waals surface area contributed by atoms with Gasteiger partial charge in [0.05, 0.1) is 18.4 Å². The lowest BCUT2D eigenvalue weighted by atomic mass is 10.2. The topological polar surface area (TPSA) is 74.3 Å². The molecular weight excluding hydrogens is 260 g/mol. The molecule has 2 aromatic heterocycles. The molecule has 6 nitrogen and oxygen atoms in total. The first kappa shape index (κ1) is 12.2. The van der Waals surface area contributed by atoms with Crippen molar-refractivity contribution in [2.24, 2.45) is 0 Å². The lowest BCUT2D eigenvalue weighted by Gasteiger charge is -2.07. The maximum Gasteiger partial charge on any atom is 0.339 e. The minimum absolute atomic E-state index is 0.270. The number of esters is 1. The molecule has 0 saturated carbocycles. The lowest BCUT2D eigenvalue weighted by Crippen LogP contribution is -2.19. The number of methoxy groups -OCH3 is 1. The van der Waals surface area contributed by atoms with E-state index in [9.17, 15) is 9.59 Å². The number of hydrogen-bond donors (Lipinski definition) is 0. The van der Waals surface area contributed by atoms with Crippen LogP contribution in [0.5, 0.6) is 0 Å². The molecule has 0 amide bonds. The molecule has 0 radical (unpaired) electrons. The van der Waals surface area contributed by atoms with Crippen molar-refractivity contribution in [1.29, 1.82) is 0 Å². The van der Waals surface area contributed by atoms with E-state index in [1.165, 1.54) is 36.4 Å². The summed E-state index contributed by atoms with van der Waals surface area (Å²) in [5, 5.41) is 0. The molecule has 6 heteroatoms. The molecule has 0 spiro atoms. The number of para-hydroxylation sites is 1. The molecular formula is C14H10N2O4. The van der Waals surface area contributed by atoms with Gasteiger partial charge in [0, 0.05) is 12.3 Å². The summed E-state index contributed by atoms with van der Waals surface area (Å²) in [4.78, 5) is 27.6. The first-order valence-corrected chi connectivity index (χ1v) is 5.84. The Morgan fingerprint density at radius 1 is 1.30 bits per heavy atom. The average molecular weight is 270 g/mol. The van der Waals surface area contributed by atoms with E-state index in [1.807, 2.05) is 0 Å². The van der Waals surface area contributed by atoms with Gasteiger partial charge in [0.25, 0.3) is 5.56 Å². The fourth-order valence-corrected chi connectivity index (χ4v) is 1.98. The molecule has 0 aliphatic heterocycles. The van der Waals surface area contributed by atoms with Crippen LogP contribution in [-0.4, -0.2) is 22.6 Å². The summed E-state index contributed by atoms with van der Waals surface area (Å²) in [6.07, 6.45) is 2.74. The predicted octanol–water partition coefficient (Wildman–Crippen LogP) is 1.77. The molecule has 0 atom stereocenters. The number of benzene rings is 1. The Morgan fingerprint density at radius 2 is 2.15 bits per heavy atom. The van der Waals surface area contributed by atoms with Gasteiger partial charge < -0.3 is 9.15 Å². The summed E-state index contributed by atoms with van der Waals surface area (Å²) in [6, 6.07) is 7.97. The van der Waals surface area contributed by atoms with E-state index < -0.39 is 5.97 Å². The van der Waals surface area contributed by atoms with Crippen molar-refractivity contribution in [3.63, 3.8) is 0 Å². The van der Waals surface area contributed by atoms with Crippen LogP contribution in [0.3, 0.4) is 0 Å². The van der Waals surface area contributed by atoms with Crippen molar-refractivity contribution in [2.45, 2.75) is 0 Å². The number of hydrogen-bond acceptors (Lipinski definition) is 5. The molecule has 0 saturated heterocycles. The van der Waals surface area contributed by atoms with Crippen LogP contribution >= 0.6 is 0 Å². The van der Waals surface area contributed by atoms with Crippen LogP contribution < -0.4 is 5.56 Å². The monoisotopic (exact) mass is 270 g/mol. The standard InChI is InChI=1S/C14H10N2O4/c1-19-14(18)9-5-6-12(17)16(7-9)10-3-2-4-11-13(10)15-8-20-11/h2-8H,1H3. The molecule has 0 aliphatic carbocycles. The zero-order valence-electron chi connectivity index (χ0n) is 10.6. The van der Waals surface area contributed by atoms with Crippen LogP contribution in [0, 0.1) is 0 Å². The van der Waals surface area contributed by atoms with Gasteiger partial charge in [-0.2, -0.15) is 0 Å². The normalized spacial score (nSPS) is 10.7. The van der Waals surface area contributed by atoms with Crippen LogP contribution in [0.1, 0.15) is 10.4 Å². The van der Waals surface area contributed by atoms with Crippen molar-refractivity contribution in [2.75, 3.05) is 7.11 Å². The van der Waals surface area contributed by atoms with Crippen LogP contribution in [0.4, 0.5) is 0 Å². The molecule has 20 heavy (non-hydrogen) atoms. The Hall–Kier alpha value is -2.89. The van der Waals surface area contributed by atoms with E-state index in [1.54, 1.807) is 18.2 Å². The van der Waals surface area contributed by atoms with Crippen LogP contribution in [0.2, 0.25) is 0 Å². The summed E-state index contributed by atoms with van der Waals surface area (Å²) in [7, 11) is 1.29. The zero-order valence-corrected chi connectivity index (χ0v) is 10.6. The second-order valence-electron chi connectivity index (χ2n) is 4.09. The number of carbonyl (C=O) groups excluding carboxylic acids is 1. The van der Waals surface area contributed by atoms with Crippen LogP contribution in [0.25, 0.3) is 16.8 Å². The van der Waals surface area contributed by atoms with Crippen molar-refractivity contribution in [1.82, 2.24) is 9.55 Å². The molecule has 0 unspecified atom stereocenters. The number of pyridine rings is 1. The highest BCUT2D eigenvalue weighted by atomic mass is 16.5. The zero-order chi connectivity index (χ0) is 14.1. The highest BCUT2D eigenvalue weighted by Gasteiger charge is 2.12. The molecule has 0 fully saturated rings. The second kappa shape index (κ2) is 4.65. The molecule has 0 bridgehead atoms. The van der Waals surface area contributed by atoms with Gasteiger partial charge in [0.2, 0.25) is 0 Å². The van der Waals surface area contributed by atoms with E-state index in [4.69, 9.17) is 4.42 Å². The third kappa shape index (κ3) is 1.87. The highest BCUT2D eigenvalue weighted by molar-refractivity contribution is 5.89. The van der Waals surface area contributed by atoms with E-state index in [-0.39, 0.29) is 11.1 Å². The minimum atomic E-state index is -0.508. The van der Waals surface area contributed by atoms with E-state index in [0.717, 1.165) is 0 Å². The molecule has 3 aromatic rings. The summed E-state index contributed by atoms with van der Waals surface area (Å²) in [5.74, 6) is -0.508. The fraction of sp³-hybridized carbons (Fsp3) is 0.0714. The number of fused-ring (bicyclic) bond motifs is 1. The smallest absolute Gasteiger partial charge is 0.339 e. The Kier molecular flexibility index (Phi) is 2.83. The Balaban J connectivity index is 2.26. The van der Waals surface area contributed by atoms with Gasteiger partial charge in [0.1, 0.15) is 5.52 Å². The van der Waals surface area contributed by atoms with Crippen molar-refractivity contribution in [3.05, 3.63) is 58.8 Å². The van der Waals surface area contributed by atoms with Crippen molar-refractivity contribution >= 4 is 17.1 Å². The minimum Gasteiger partial charge on any atom is -0.465 e. The number of nitrogens with zero attached hydrogens (tertiary/aromatic N) is 2. The second-order valence-corrected chi connectivity index (χ2v) is 4.09. The maximum absolute atomic E-state index is 12.0. The number of carbonyl (C=O) groups is 1. The number of ether oxygens (including phenoxy) is 1. The lowest BCUT2D eigenvalue weighted by molar-refractivity contribution is 0.0600. The SMILES string of the molecule is COC(=O)c1ccc(=O)n(-c2cccc3ocnc23)c1. The third-order valence-electron chi connectivity index (χ3n) is 2.93. The van der Waals surface area contributed by atoms with Gasteiger partial charge in [-0.1, -0.05) is 6.07 Å². The molecule has 0 aliphatic rings. The Bertz CT molecular complexity index is 848. The number of rotatable bonds is 2. The van der Waals surface area contributed by atoms with Crippen LogP contribution in [-0.2, 0) is 4.74 Å². The summed E-state index contributed by atoms with van der Waals surface area (Å²) in [5.41, 5.74) is 1.68. The van der Waals surface area contributed by atoms with Gasteiger partial charge in [-0.3, -0.25) is 9.36 Å². The highest BCUT2D eigenvalue weighted by Crippen LogP contribution is 2.19. The van der Waals surface area contributed by atoms with Crippen LogP contribution in [0.15, 0.2) is 52.1 Å². The summed E-state index contributed by atoms with van der Waals surface area (Å²) >= 11 is 0. The first-order valence-electron chi connectivity index (χ1n) is 5.84. The quantitative estimate of drug-likeness (QED) is 0.663. The number of aromatic nitrogens is 2. The molecule has 2 heterocycles. The predicted molar refractivity (Wildman–Crippen MR) is 70.9 cm³/mol. The summed E-state index contributed by atoms with van der Waals surface area (Å²) in [6.45, 7) is 0. The Labute approximate surface area is 113 Å². The molecule has 3 rings (SSSR count). The number of oxazole rings is 1. The van der Waals surface area contributed by atoms with Crippen molar-refractivity contribution in [3.8, 4) is 5.69 Å². The largest absolute Gasteiger partial charge is 0.465 e. The third-order valence-corrected chi connectivity index (χ3v) is 2.93. The van der Waals surface area contributed by atoms with Gasteiger partial charge in [0.15, 0.2) is 12.0 Å². The van der Waals surface area contributed by atoms with E-state index in [0.29, 0.717) is 16.8 Å². The molecule has 0 N–H and O–H groups in total. The van der Waals surface area contributed by atoms with Gasteiger partial charge in [-0.05, 0) is 18.2 Å². The first-order chi connectivity index (χ1) is 9.70. The van der Waals surface area contributed by atoms with Gasteiger partial charge in [-0.25, -0.2) is 9.78 Å².